The molecule has 2 N–H and O–H groups in total. The van der Waals surface area contributed by atoms with Crippen LogP contribution in [0.1, 0.15) is 55.7 Å². The Morgan fingerprint density at radius 3 is 2.96 bits per heavy atom. The van der Waals surface area contributed by atoms with Crippen LogP contribution >= 0.6 is 0 Å². The maximum absolute atomic E-state index is 11.1. The zero-order valence-electron chi connectivity index (χ0n) is 16.1. The number of aromatic nitrogens is 2. The van der Waals surface area contributed by atoms with E-state index in [1.54, 1.807) is 7.05 Å². The van der Waals surface area contributed by atoms with Crippen LogP contribution in [0.25, 0.3) is 0 Å². The molecule has 0 bridgehead atoms. The van der Waals surface area contributed by atoms with E-state index in [4.69, 9.17) is 9.47 Å². The van der Waals surface area contributed by atoms with Gasteiger partial charge in [0.05, 0.1) is 12.3 Å². The van der Waals surface area contributed by atoms with Crippen molar-refractivity contribution in [1.29, 1.82) is 0 Å². The number of alkyl carbamates (subject to hydrolysis) is 1. The third-order valence-corrected chi connectivity index (χ3v) is 5.94. The van der Waals surface area contributed by atoms with E-state index < -0.39 is 0 Å². The lowest BCUT2D eigenvalue weighted by Gasteiger charge is -2.42. The Kier molecular flexibility index (Phi) is 6.53. The molecule has 1 amide bonds. The highest BCUT2D eigenvalue weighted by molar-refractivity contribution is 5.66. The number of hydrogen-bond acceptors (Lipinski definition) is 5. The van der Waals surface area contributed by atoms with Crippen molar-refractivity contribution in [2.24, 2.45) is 5.41 Å². The Hall–Kier alpha value is -1.60. The molecule has 2 fully saturated rings. The molecule has 7 nitrogen and oxygen atoms in total. The zero-order chi connectivity index (χ0) is 18.4. The summed E-state index contributed by atoms with van der Waals surface area (Å²) in [6.07, 6.45) is 9.06. The lowest BCUT2D eigenvalue weighted by molar-refractivity contribution is -0.0310. The minimum atomic E-state index is -0.384. The van der Waals surface area contributed by atoms with E-state index in [1.807, 2.05) is 13.2 Å². The van der Waals surface area contributed by atoms with Crippen molar-refractivity contribution in [1.82, 2.24) is 20.4 Å². The maximum atomic E-state index is 11.1. The van der Waals surface area contributed by atoms with Crippen LogP contribution in [0.4, 0.5) is 4.79 Å². The summed E-state index contributed by atoms with van der Waals surface area (Å²) < 4.78 is 10.8. The number of aromatic amines is 1. The molecule has 2 aliphatic rings. The monoisotopic (exact) mass is 364 g/mol. The molecule has 2 heterocycles. The van der Waals surface area contributed by atoms with Crippen LogP contribution in [0.15, 0.2) is 6.20 Å². The summed E-state index contributed by atoms with van der Waals surface area (Å²) in [5, 5.41) is 10.1. The minimum Gasteiger partial charge on any atom is -0.448 e. The van der Waals surface area contributed by atoms with Gasteiger partial charge in [-0.1, -0.05) is 0 Å². The lowest BCUT2D eigenvalue weighted by atomic mass is 9.67. The lowest BCUT2D eigenvalue weighted by Crippen LogP contribution is -2.35. The fraction of sp³-hybridized carbons (Fsp3) is 0.789. The maximum Gasteiger partial charge on any atom is 0.406 e. The first-order valence-corrected chi connectivity index (χ1v) is 9.75. The standard InChI is InChI=1S/C19H32N4O3/c1-20-18(24)26-11-9-23(2)13-16-12-21-22-17(16)15-4-7-19(8-5-15)6-3-10-25-14-19/h12,15H,3-11,13-14H2,1-2H3,(H,20,24)(H,21,22). The van der Waals surface area contributed by atoms with Crippen LogP contribution in [-0.2, 0) is 16.0 Å². The zero-order valence-corrected chi connectivity index (χ0v) is 16.1. The number of carbonyl (C=O) groups excluding carboxylic acids is 1. The van der Waals surface area contributed by atoms with Crippen LogP contribution in [0, 0.1) is 5.41 Å². The van der Waals surface area contributed by atoms with Crippen LogP contribution in [0.5, 0.6) is 0 Å². The molecule has 1 saturated carbocycles. The number of hydrogen-bond donors (Lipinski definition) is 2. The van der Waals surface area contributed by atoms with E-state index in [1.165, 1.54) is 49.8 Å². The summed E-state index contributed by atoms with van der Waals surface area (Å²) in [4.78, 5) is 13.3. The van der Waals surface area contributed by atoms with Crippen LogP contribution in [-0.4, -0.2) is 61.7 Å². The molecule has 0 unspecified atom stereocenters. The first-order valence-electron chi connectivity index (χ1n) is 9.75. The fourth-order valence-corrected chi connectivity index (χ4v) is 4.35. The third kappa shape index (κ3) is 4.76. The van der Waals surface area contributed by atoms with Gasteiger partial charge in [0.25, 0.3) is 0 Å². The van der Waals surface area contributed by atoms with Crippen LogP contribution < -0.4 is 5.32 Å². The van der Waals surface area contributed by atoms with E-state index in [2.05, 4.69) is 20.4 Å². The predicted molar refractivity (Wildman–Crippen MR) is 99.0 cm³/mol. The number of nitrogens with one attached hydrogen (secondary N) is 2. The molecular weight excluding hydrogens is 332 g/mol. The second-order valence-corrected chi connectivity index (χ2v) is 7.85. The first kappa shape index (κ1) is 19.2. The van der Waals surface area contributed by atoms with E-state index in [-0.39, 0.29) is 6.09 Å². The normalized spacial score (nSPS) is 26.2. The molecule has 1 saturated heterocycles. The van der Waals surface area contributed by atoms with Gasteiger partial charge in [-0.15, -0.1) is 0 Å². The van der Waals surface area contributed by atoms with Crippen molar-refractivity contribution in [3.8, 4) is 0 Å². The number of H-pyrrole nitrogens is 1. The molecule has 7 heteroatoms. The predicted octanol–water partition coefficient (Wildman–Crippen LogP) is 2.65. The Bertz CT molecular complexity index is 573. The summed E-state index contributed by atoms with van der Waals surface area (Å²) in [5.41, 5.74) is 2.91. The molecule has 0 atom stereocenters. The van der Waals surface area contributed by atoms with Gasteiger partial charge < -0.3 is 14.8 Å². The summed E-state index contributed by atoms with van der Waals surface area (Å²) in [6.45, 7) is 3.78. The molecule has 1 spiro atoms. The largest absolute Gasteiger partial charge is 0.448 e. The minimum absolute atomic E-state index is 0.384. The van der Waals surface area contributed by atoms with Gasteiger partial charge in [0.1, 0.15) is 6.61 Å². The molecular formula is C19H32N4O3. The summed E-state index contributed by atoms with van der Waals surface area (Å²) in [7, 11) is 3.61. The molecule has 1 aliphatic heterocycles. The second kappa shape index (κ2) is 8.86. The van der Waals surface area contributed by atoms with Crippen molar-refractivity contribution >= 4 is 6.09 Å². The molecule has 26 heavy (non-hydrogen) atoms. The average molecular weight is 364 g/mol. The summed E-state index contributed by atoms with van der Waals surface area (Å²) in [6, 6.07) is 0. The van der Waals surface area contributed by atoms with E-state index in [0.29, 0.717) is 24.5 Å². The van der Waals surface area contributed by atoms with Crippen molar-refractivity contribution in [3.05, 3.63) is 17.5 Å². The van der Waals surface area contributed by atoms with Crippen LogP contribution in [0.2, 0.25) is 0 Å². The Morgan fingerprint density at radius 1 is 1.46 bits per heavy atom. The number of nitrogens with zero attached hydrogens (tertiary/aromatic N) is 2. The van der Waals surface area contributed by atoms with Gasteiger partial charge in [0, 0.05) is 44.4 Å². The molecule has 1 aliphatic carbocycles. The number of amides is 1. The number of carbonyl (C=O) groups is 1. The summed E-state index contributed by atoms with van der Waals surface area (Å²) in [5.74, 6) is 0.541. The molecule has 0 aromatic carbocycles. The van der Waals surface area contributed by atoms with Gasteiger partial charge in [0.2, 0.25) is 0 Å². The van der Waals surface area contributed by atoms with Crippen molar-refractivity contribution < 1.29 is 14.3 Å². The Labute approximate surface area is 155 Å². The fourth-order valence-electron chi connectivity index (χ4n) is 4.35. The SMILES string of the molecule is CNC(=O)OCCN(C)Cc1c[nH]nc1C1CCC2(CCCOC2)CC1. The van der Waals surface area contributed by atoms with E-state index in [9.17, 15) is 4.79 Å². The Morgan fingerprint density at radius 2 is 2.27 bits per heavy atom. The van der Waals surface area contributed by atoms with Gasteiger partial charge in [-0.3, -0.25) is 10.00 Å². The summed E-state index contributed by atoms with van der Waals surface area (Å²) >= 11 is 0. The van der Waals surface area contributed by atoms with Gasteiger partial charge >= 0.3 is 6.09 Å². The van der Waals surface area contributed by atoms with E-state index in [0.717, 1.165) is 19.8 Å². The van der Waals surface area contributed by atoms with Crippen molar-refractivity contribution in [3.63, 3.8) is 0 Å². The molecule has 1 aromatic rings. The average Bonchev–Trinajstić information content (AvgIpc) is 3.11. The third-order valence-electron chi connectivity index (χ3n) is 5.94. The second-order valence-electron chi connectivity index (χ2n) is 7.85. The van der Waals surface area contributed by atoms with Crippen LogP contribution in [0.3, 0.4) is 0 Å². The van der Waals surface area contributed by atoms with Gasteiger partial charge in [-0.25, -0.2) is 4.79 Å². The first-order chi connectivity index (χ1) is 12.6. The quantitative estimate of drug-likeness (QED) is 0.811. The Balaban J connectivity index is 1.50. The molecule has 0 radical (unpaired) electrons. The number of likely N-dealkylation sites (N-methyl/N-ethyl adjacent to an activating group) is 1. The number of ether oxygens (including phenoxy) is 2. The van der Waals surface area contributed by atoms with Gasteiger partial charge in [0.15, 0.2) is 0 Å². The van der Waals surface area contributed by atoms with Crippen molar-refractivity contribution in [2.45, 2.75) is 51.0 Å². The molecule has 1 aromatic heterocycles. The van der Waals surface area contributed by atoms with Gasteiger partial charge in [-0.05, 0) is 51.0 Å². The van der Waals surface area contributed by atoms with Crippen molar-refractivity contribution in [2.75, 3.05) is 40.5 Å². The molecule has 3 rings (SSSR count). The topological polar surface area (TPSA) is 79.5 Å². The number of rotatable bonds is 6. The van der Waals surface area contributed by atoms with Gasteiger partial charge in [-0.2, -0.15) is 5.10 Å². The molecule has 146 valence electrons. The highest BCUT2D eigenvalue weighted by Gasteiger charge is 2.38. The smallest absolute Gasteiger partial charge is 0.406 e. The van der Waals surface area contributed by atoms with E-state index >= 15 is 0 Å². The highest BCUT2D eigenvalue weighted by Crippen LogP contribution is 2.47. The highest BCUT2D eigenvalue weighted by atomic mass is 16.5.